The van der Waals surface area contributed by atoms with E-state index in [1.165, 1.54) is 16.7 Å². The van der Waals surface area contributed by atoms with Crippen LogP contribution >= 0.6 is 0 Å². The lowest BCUT2D eigenvalue weighted by Gasteiger charge is -2.31. The third-order valence-corrected chi connectivity index (χ3v) is 9.59. The van der Waals surface area contributed by atoms with Crippen molar-refractivity contribution in [2.75, 3.05) is 47.1 Å². The van der Waals surface area contributed by atoms with E-state index in [1.54, 1.807) is 17.7 Å². The van der Waals surface area contributed by atoms with Crippen LogP contribution in [0.1, 0.15) is 36.9 Å². The second-order valence-electron chi connectivity index (χ2n) is 11.7. The van der Waals surface area contributed by atoms with Crippen LogP contribution < -0.4 is 24.7 Å². The van der Waals surface area contributed by atoms with E-state index in [-0.39, 0.29) is 30.6 Å². The molecule has 4 aromatic heterocycles. The fourth-order valence-electron chi connectivity index (χ4n) is 5.74. The molecule has 1 saturated heterocycles. The molecule has 1 aliphatic heterocycles. The molecule has 1 saturated carbocycles. The zero-order valence-electron chi connectivity index (χ0n) is 26.3. The molecular weight excluding hydrogens is 657 g/mol. The second kappa shape index (κ2) is 13.7. The Morgan fingerprint density at radius 1 is 1.06 bits per heavy atom. The molecule has 0 amide bonds. The average molecular weight is 694 g/mol. The molecule has 4 N–H and O–H groups in total. The van der Waals surface area contributed by atoms with E-state index >= 15 is 0 Å². The van der Waals surface area contributed by atoms with Crippen molar-refractivity contribution in [3.8, 4) is 5.88 Å². The first-order valence-electron chi connectivity index (χ1n) is 15.3. The van der Waals surface area contributed by atoms with Gasteiger partial charge < -0.3 is 19.7 Å². The van der Waals surface area contributed by atoms with Crippen LogP contribution in [0.2, 0.25) is 0 Å². The zero-order chi connectivity index (χ0) is 34.1. The molecule has 15 nitrogen and oxygen atoms in total. The van der Waals surface area contributed by atoms with Crippen LogP contribution in [0, 0.1) is 0 Å². The highest BCUT2D eigenvalue weighted by Crippen LogP contribution is 2.35. The number of pyridine rings is 2. The smallest absolute Gasteiger partial charge is 0.419 e. The van der Waals surface area contributed by atoms with Crippen molar-refractivity contribution in [2.24, 2.45) is 7.05 Å². The van der Waals surface area contributed by atoms with E-state index in [4.69, 9.17) is 14.5 Å². The number of fused-ring (bicyclic) bond motifs is 1. The number of alkyl halides is 3. The number of morpholine rings is 1. The molecule has 258 valence electrons. The maximum Gasteiger partial charge on any atom is 0.419 e. The van der Waals surface area contributed by atoms with E-state index in [0.29, 0.717) is 86.0 Å². The monoisotopic (exact) mass is 693 g/mol. The van der Waals surface area contributed by atoms with Gasteiger partial charge >= 0.3 is 12.1 Å². The lowest BCUT2D eigenvalue weighted by Crippen LogP contribution is -2.75. The number of nitrogens with two attached hydrogens (primary N) is 1. The molecule has 19 heteroatoms. The van der Waals surface area contributed by atoms with Crippen molar-refractivity contribution in [3.05, 3.63) is 48.2 Å². The van der Waals surface area contributed by atoms with Crippen molar-refractivity contribution >= 4 is 44.3 Å². The summed E-state index contributed by atoms with van der Waals surface area (Å²) < 4.78 is 79.5. The molecule has 1 aliphatic carbocycles. The standard InChI is InChI=1S/C29H35F3N10O5S/c1-40-21(16-36-28(40)39-43)17-42(48(2,44)45)20-11-23-24(33-15-20)12-25(41-7-9-46-10-8-41)38-26(23)47-22-5-3-19(4-6-22)37-27-34-13-18(14-35-27)29(30,31)32/h11-16,19,22,43H,3-10,17H2,1-2H3,(H,36,39)(H,34,35,37)/p+1. The highest BCUT2D eigenvalue weighted by Gasteiger charge is 2.32. The van der Waals surface area contributed by atoms with Crippen molar-refractivity contribution in [1.29, 1.82) is 0 Å². The Kier molecular flexibility index (Phi) is 9.55. The van der Waals surface area contributed by atoms with Gasteiger partial charge in [-0.05, 0) is 31.7 Å². The van der Waals surface area contributed by atoms with Gasteiger partial charge in [-0.3, -0.25) is 13.9 Å². The number of sulfonamides is 1. The van der Waals surface area contributed by atoms with Crippen LogP contribution in [0.4, 0.5) is 36.6 Å². The van der Waals surface area contributed by atoms with Crippen molar-refractivity contribution in [2.45, 2.75) is 50.6 Å². The molecule has 2 fully saturated rings. The van der Waals surface area contributed by atoms with Gasteiger partial charge in [0.05, 0.1) is 66.3 Å². The fraction of sp³-hybridized carbons (Fsp3) is 0.483. The third-order valence-electron chi connectivity index (χ3n) is 8.45. The summed E-state index contributed by atoms with van der Waals surface area (Å²) in [5.41, 5.74) is 1.36. The van der Waals surface area contributed by atoms with Crippen LogP contribution in [-0.2, 0) is 34.5 Å². The Hall–Kier alpha value is -4.33. The number of ether oxygens (including phenoxy) is 2. The van der Waals surface area contributed by atoms with Gasteiger partial charge in [0.25, 0.3) is 0 Å². The minimum atomic E-state index is -4.51. The highest BCUT2D eigenvalue weighted by atomic mass is 32.2. The molecule has 6 rings (SSSR count). The van der Waals surface area contributed by atoms with Gasteiger partial charge in [-0.15, -0.1) is 5.48 Å². The molecule has 0 bridgehead atoms. The van der Waals surface area contributed by atoms with E-state index in [1.807, 2.05) is 6.07 Å². The number of imidazole rings is 1. The molecule has 5 heterocycles. The van der Waals surface area contributed by atoms with Gasteiger partial charge in [-0.1, -0.05) is 0 Å². The van der Waals surface area contributed by atoms with E-state index in [9.17, 15) is 26.8 Å². The van der Waals surface area contributed by atoms with Crippen LogP contribution in [-0.4, -0.2) is 87.8 Å². The average Bonchev–Trinajstić information content (AvgIpc) is 3.42. The Bertz CT molecular complexity index is 1840. The molecule has 0 radical (unpaired) electrons. The SMILES string of the molecule is Cn1c(CN(c2cnc3cc(N4CCOCC4)nc(OC4CCC(Nc5ncc(C(F)(F)F)cn5)CC4)c3c2)S(C)(=O)=O)cnc1[NH2+]O. The van der Waals surface area contributed by atoms with Gasteiger partial charge in [0, 0.05) is 44.6 Å². The topological polar surface area (TPSA) is 177 Å². The van der Waals surface area contributed by atoms with Crippen molar-refractivity contribution in [1.82, 2.24) is 29.5 Å². The van der Waals surface area contributed by atoms with Crippen molar-refractivity contribution in [3.63, 3.8) is 0 Å². The van der Waals surface area contributed by atoms with Crippen LogP contribution in [0.5, 0.6) is 5.88 Å². The summed E-state index contributed by atoms with van der Waals surface area (Å²) in [6.07, 6.45) is 3.42. The molecule has 2 aliphatic rings. The molecule has 0 spiro atoms. The lowest BCUT2D eigenvalue weighted by molar-refractivity contribution is -0.831. The largest absolute Gasteiger partial charge is 0.474 e. The molecule has 0 aromatic carbocycles. The number of halogens is 3. The van der Waals surface area contributed by atoms with Crippen molar-refractivity contribution < 1.29 is 41.8 Å². The summed E-state index contributed by atoms with van der Waals surface area (Å²) in [6.45, 7) is 2.32. The van der Waals surface area contributed by atoms with Crippen LogP contribution in [0.3, 0.4) is 0 Å². The van der Waals surface area contributed by atoms with Gasteiger partial charge in [0.2, 0.25) is 21.9 Å². The molecular formula is C29H36F3N10O5S+. The Morgan fingerprint density at radius 2 is 1.77 bits per heavy atom. The van der Waals surface area contributed by atoms with E-state index < -0.39 is 21.8 Å². The minimum Gasteiger partial charge on any atom is -0.474 e. The first-order valence-corrected chi connectivity index (χ1v) is 17.2. The number of nitrogens with one attached hydrogen (secondary N) is 1. The summed E-state index contributed by atoms with van der Waals surface area (Å²) in [4.78, 5) is 23.4. The zero-order valence-corrected chi connectivity index (χ0v) is 27.1. The number of nitrogens with zero attached hydrogens (tertiary/aromatic N) is 8. The molecule has 4 aromatic rings. The van der Waals surface area contributed by atoms with Gasteiger partial charge in [0.15, 0.2) is 0 Å². The summed E-state index contributed by atoms with van der Waals surface area (Å²) >= 11 is 0. The van der Waals surface area contributed by atoms with Gasteiger partial charge in [-0.25, -0.2) is 23.6 Å². The first-order chi connectivity index (χ1) is 22.9. The third kappa shape index (κ3) is 7.53. The minimum absolute atomic E-state index is 0.0569. The Morgan fingerprint density at radius 3 is 2.40 bits per heavy atom. The number of aromatic nitrogens is 6. The van der Waals surface area contributed by atoms with E-state index in [0.717, 1.165) is 24.1 Å². The number of rotatable bonds is 10. The number of quaternary nitrogens is 1. The van der Waals surface area contributed by atoms with Gasteiger partial charge in [0.1, 0.15) is 11.9 Å². The fourth-order valence-corrected chi connectivity index (χ4v) is 6.59. The second-order valence-corrected chi connectivity index (χ2v) is 13.6. The lowest BCUT2D eigenvalue weighted by atomic mass is 9.93. The number of hydrogen-bond donors (Lipinski definition) is 3. The van der Waals surface area contributed by atoms with Gasteiger partial charge in [-0.2, -0.15) is 23.1 Å². The quantitative estimate of drug-likeness (QED) is 0.207. The van der Waals surface area contributed by atoms with Crippen LogP contribution in [0.15, 0.2) is 36.9 Å². The molecule has 0 atom stereocenters. The Labute approximate surface area is 274 Å². The number of anilines is 3. The summed E-state index contributed by atoms with van der Waals surface area (Å²) in [7, 11) is -2.11. The first kappa shape index (κ1) is 33.6. The Balaban J connectivity index is 1.25. The summed E-state index contributed by atoms with van der Waals surface area (Å²) in [6, 6.07) is 3.48. The predicted molar refractivity (Wildman–Crippen MR) is 168 cm³/mol. The maximum atomic E-state index is 13.0. The predicted octanol–water partition coefficient (Wildman–Crippen LogP) is 2.36. The normalized spacial score (nSPS) is 19.0. The molecule has 48 heavy (non-hydrogen) atoms. The summed E-state index contributed by atoms with van der Waals surface area (Å²) in [5.74, 6) is 1.39. The highest BCUT2D eigenvalue weighted by molar-refractivity contribution is 7.92. The number of hydrogen-bond acceptors (Lipinski definition) is 12. The maximum absolute atomic E-state index is 13.0. The van der Waals surface area contributed by atoms with E-state index in [2.05, 4.69) is 30.2 Å². The molecule has 0 unspecified atom stereocenters. The summed E-state index contributed by atoms with van der Waals surface area (Å²) in [5, 5.41) is 13.1. The van der Waals surface area contributed by atoms with Crippen LogP contribution in [0.25, 0.3) is 10.9 Å².